The van der Waals surface area contributed by atoms with Crippen molar-refractivity contribution in [2.75, 3.05) is 5.73 Å². The van der Waals surface area contributed by atoms with E-state index in [2.05, 4.69) is 20.2 Å². The summed E-state index contributed by atoms with van der Waals surface area (Å²) in [7, 11) is 0. The molecular formula is C9H7N5S. The lowest BCUT2D eigenvalue weighted by molar-refractivity contribution is 1.09. The quantitative estimate of drug-likeness (QED) is 0.649. The number of aromatic amines is 1. The zero-order valence-electron chi connectivity index (χ0n) is 7.64. The summed E-state index contributed by atoms with van der Waals surface area (Å²) < 4.78 is 0. The fourth-order valence-corrected chi connectivity index (χ4v) is 2.07. The molecule has 0 saturated carbocycles. The SMILES string of the molecule is Nc1c(-c2nncs2)cnc2[nH]ccc12. The van der Waals surface area contributed by atoms with Gasteiger partial charge in [0, 0.05) is 17.8 Å². The van der Waals surface area contributed by atoms with Gasteiger partial charge in [-0.05, 0) is 6.07 Å². The summed E-state index contributed by atoms with van der Waals surface area (Å²) in [5.41, 5.74) is 10.0. The Labute approximate surface area is 89.0 Å². The lowest BCUT2D eigenvalue weighted by Gasteiger charge is -2.01. The molecule has 3 rings (SSSR count). The van der Waals surface area contributed by atoms with Crippen LogP contribution in [0.3, 0.4) is 0 Å². The molecule has 0 aromatic carbocycles. The van der Waals surface area contributed by atoms with Gasteiger partial charge in [-0.1, -0.05) is 11.3 Å². The largest absolute Gasteiger partial charge is 0.398 e. The predicted octanol–water partition coefficient (Wildman–Crippen LogP) is 1.66. The minimum atomic E-state index is 0.693. The molecule has 15 heavy (non-hydrogen) atoms. The van der Waals surface area contributed by atoms with Gasteiger partial charge in [-0.2, -0.15) is 0 Å². The number of nitrogens with zero attached hydrogens (tertiary/aromatic N) is 3. The van der Waals surface area contributed by atoms with Crippen molar-refractivity contribution in [3.05, 3.63) is 24.0 Å². The van der Waals surface area contributed by atoms with Crippen molar-refractivity contribution in [2.24, 2.45) is 0 Å². The zero-order valence-corrected chi connectivity index (χ0v) is 8.45. The van der Waals surface area contributed by atoms with Gasteiger partial charge in [0.15, 0.2) is 5.01 Å². The number of nitrogens with two attached hydrogens (primary N) is 1. The molecule has 0 aliphatic heterocycles. The van der Waals surface area contributed by atoms with Crippen molar-refractivity contribution >= 4 is 28.1 Å². The Balaban J connectivity index is 2.32. The summed E-state index contributed by atoms with van der Waals surface area (Å²) in [6.45, 7) is 0. The average Bonchev–Trinajstić information content (AvgIpc) is 2.87. The molecule has 0 fully saturated rings. The van der Waals surface area contributed by atoms with E-state index in [0.29, 0.717) is 5.69 Å². The first-order valence-electron chi connectivity index (χ1n) is 4.34. The Morgan fingerprint density at radius 3 is 3.13 bits per heavy atom. The standard InChI is InChI=1S/C9H7N5S/c10-7-5-1-2-11-8(5)12-3-6(7)9-14-13-4-15-9/h1-4H,(H3,10,11,12). The lowest BCUT2D eigenvalue weighted by Crippen LogP contribution is -1.92. The smallest absolute Gasteiger partial charge is 0.151 e. The summed E-state index contributed by atoms with van der Waals surface area (Å²) in [4.78, 5) is 7.27. The lowest BCUT2D eigenvalue weighted by atomic mass is 10.2. The van der Waals surface area contributed by atoms with Gasteiger partial charge in [-0.15, -0.1) is 10.2 Å². The number of hydrogen-bond acceptors (Lipinski definition) is 5. The number of nitrogen functional groups attached to an aromatic ring is 1. The van der Waals surface area contributed by atoms with E-state index in [1.54, 1.807) is 11.7 Å². The molecule has 0 spiro atoms. The first kappa shape index (κ1) is 8.37. The highest BCUT2D eigenvalue weighted by Gasteiger charge is 2.10. The maximum atomic E-state index is 6.03. The first-order valence-corrected chi connectivity index (χ1v) is 5.22. The fourth-order valence-electron chi connectivity index (χ4n) is 1.49. The van der Waals surface area contributed by atoms with Crippen LogP contribution in [-0.2, 0) is 0 Å². The topological polar surface area (TPSA) is 80.5 Å². The maximum absolute atomic E-state index is 6.03. The second-order valence-electron chi connectivity index (χ2n) is 3.07. The summed E-state index contributed by atoms with van der Waals surface area (Å²) in [5.74, 6) is 0. The molecule has 0 unspecified atom stereocenters. The van der Waals surface area contributed by atoms with Crippen LogP contribution in [0.1, 0.15) is 0 Å². The molecule has 3 aromatic rings. The number of nitrogens with one attached hydrogen (secondary N) is 1. The molecule has 3 N–H and O–H groups in total. The fraction of sp³-hybridized carbons (Fsp3) is 0. The maximum Gasteiger partial charge on any atom is 0.151 e. The Kier molecular flexibility index (Phi) is 1.69. The van der Waals surface area contributed by atoms with Crippen LogP contribution in [0.15, 0.2) is 24.0 Å². The van der Waals surface area contributed by atoms with Crippen LogP contribution in [0.25, 0.3) is 21.6 Å². The number of anilines is 1. The molecule has 0 bridgehead atoms. The molecule has 0 aliphatic rings. The second-order valence-corrected chi connectivity index (χ2v) is 3.90. The van der Waals surface area contributed by atoms with E-state index in [9.17, 15) is 0 Å². The van der Waals surface area contributed by atoms with E-state index in [-0.39, 0.29) is 0 Å². The van der Waals surface area contributed by atoms with Crippen LogP contribution in [0.4, 0.5) is 5.69 Å². The van der Waals surface area contributed by atoms with Crippen LogP contribution in [0.5, 0.6) is 0 Å². The van der Waals surface area contributed by atoms with Crippen molar-refractivity contribution in [2.45, 2.75) is 0 Å². The summed E-state index contributed by atoms with van der Waals surface area (Å²) in [6, 6.07) is 1.90. The zero-order chi connectivity index (χ0) is 10.3. The molecule has 0 radical (unpaired) electrons. The van der Waals surface area contributed by atoms with Crippen LogP contribution in [0.2, 0.25) is 0 Å². The molecule has 5 nitrogen and oxygen atoms in total. The third-order valence-electron chi connectivity index (χ3n) is 2.22. The van der Waals surface area contributed by atoms with Crippen LogP contribution in [-0.4, -0.2) is 20.2 Å². The molecule has 3 aromatic heterocycles. The molecule has 6 heteroatoms. The van der Waals surface area contributed by atoms with E-state index < -0.39 is 0 Å². The number of aromatic nitrogens is 4. The first-order chi connectivity index (χ1) is 7.36. The van der Waals surface area contributed by atoms with Crippen LogP contribution >= 0.6 is 11.3 Å². The third kappa shape index (κ3) is 1.18. The minimum absolute atomic E-state index is 0.693. The summed E-state index contributed by atoms with van der Waals surface area (Å²) in [6.07, 6.45) is 3.53. The molecule has 0 aliphatic carbocycles. The molecule has 74 valence electrons. The Hall–Kier alpha value is -1.95. The molecule has 0 amide bonds. The normalized spacial score (nSPS) is 10.9. The molecule has 0 atom stereocenters. The number of hydrogen-bond donors (Lipinski definition) is 2. The van der Waals surface area contributed by atoms with Gasteiger partial charge >= 0.3 is 0 Å². The average molecular weight is 217 g/mol. The van der Waals surface area contributed by atoms with E-state index in [1.807, 2.05) is 12.3 Å². The van der Waals surface area contributed by atoms with E-state index in [4.69, 9.17) is 5.73 Å². The monoisotopic (exact) mass is 217 g/mol. The van der Waals surface area contributed by atoms with E-state index >= 15 is 0 Å². The van der Waals surface area contributed by atoms with E-state index in [0.717, 1.165) is 21.6 Å². The second kappa shape index (κ2) is 3.03. The van der Waals surface area contributed by atoms with Gasteiger partial charge in [0.2, 0.25) is 0 Å². The van der Waals surface area contributed by atoms with Gasteiger partial charge in [0.05, 0.1) is 11.3 Å². The van der Waals surface area contributed by atoms with Gasteiger partial charge in [0.25, 0.3) is 0 Å². The van der Waals surface area contributed by atoms with Crippen molar-refractivity contribution in [3.8, 4) is 10.6 Å². The predicted molar refractivity (Wildman–Crippen MR) is 59.4 cm³/mol. The number of H-pyrrole nitrogens is 1. The Bertz CT molecular complexity index is 598. The number of rotatable bonds is 1. The van der Waals surface area contributed by atoms with Crippen LogP contribution < -0.4 is 5.73 Å². The van der Waals surface area contributed by atoms with E-state index in [1.165, 1.54) is 11.3 Å². The van der Waals surface area contributed by atoms with Gasteiger partial charge in [0.1, 0.15) is 11.2 Å². The highest BCUT2D eigenvalue weighted by atomic mass is 32.1. The summed E-state index contributed by atoms with van der Waals surface area (Å²) in [5, 5.41) is 9.48. The van der Waals surface area contributed by atoms with Gasteiger partial charge < -0.3 is 10.7 Å². The third-order valence-corrected chi connectivity index (χ3v) is 2.94. The van der Waals surface area contributed by atoms with Crippen molar-refractivity contribution < 1.29 is 0 Å². The highest BCUT2D eigenvalue weighted by Crippen LogP contribution is 2.30. The molecular weight excluding hydrogens is 210 g/mol. The Morgan fingerprint density at radius 1 is 1.40 bits per heavy atom. The molecule has 3 heterocycles. The van der Waals surface area contributed by atoms with Crippen molar-refractivity contribution in [3.63, 3.8) is 0 Å². The summed E-state index contributed by atoms with van der Waals surface area (Å²) >= 11 is 1.45. The van der Waals surface area contributed by atoms with Crippen molar-refractivity contribution in [1.82, 2.24) is 20.2 Å². The number of pyridine rings is 1. The minimum Gasteiger partial charge on any atom is -0.398 e. The highest BCUT2D eigenvalue weighted by molar-refractivity contribution is 7.12. The van der Waals surface area contributed by atoms with Crippen LogP contribution in [0, 0.1) is 0 Å². The van der Waals surface area contributed by atoms with Gasteiger partial charge in [-0.25, -0.2) is 4.98 Å². The Morgan fingerprint density at radius 2 is 2.33 bits per heavy atom. The molecule has 0 saturated heterocycles. The van der Waals surface area contributed by atoms with Crippen molar-refractivity contribution in [1.29, 1.82) is 0 Å². The number of fused-ring (bicyclic) bond motifs is 1. The van der Waals surface area contributed by atoms with Gasteiger partial charge in [-0.3, -0.25) is 0 Å².